The maximum Gasteiger partial charge on any atom is 0.416 e. The molecule has 2 amide bonds. The van der Waals surface area contributed by atoms with Crippen molar-refractivity contribution in [3.05, 3.63) is 88.9 Å². The Morgan fingerprint density at radius 2 is 1.67 bits per heavy atom. The molecule has 1 fully saturated rings. The lowest BCUT2D eigenvalue weighted by Gasteiger charge is -2.24. The van der Waals surface area contributed by atoms with Gasteiger partial charge in [-0.3, -0.25) is 9.69 Å². The highest BCUT2D eigenvalue weighted by Gasteiger charge is 2.40. The summed E-state index contributed by atoms with van der Waals surface area (Å²) >= 11 is 5.90. The standard InChI is InChI=1S/C26H22ClF3N2O4/c1-35-24(33)13-14-31-16-23(17-3-2-4-18(15-17)26(28,29)30)32(25(31)34)20-7-11-22(12-8-20)36-21-9-5-19(27)6-10-21/h2-12,15,23H,13-14,16H2,1H3/t23-/m1/s1. The third-order valence-corrected chi connectivity index (χ3v) is 6.01. The number of hydrogen-bond acceptors (Lipinski definition) is 4. The fourth-order valence-electron chi connectivity index (χ4n) is 3.95. The molecule has 0 N–H and O–H groups in total. The van der Waals surface area contributed by atoms with Crippen molar-refractivity contribution >= 4 is 29.3 Å². The van der Waals surface area contributed by atoms with E-state index in [2.05, 4.69) is 4.74 Å². The zero-order valence-corrected chi connectivity index (χ0v) is 19.9. The van der Waals surface area contributed by atoms with Crippen LogP contribution in [0.2, 0.25) is 5.02 Å². The van der Waals surface area contributed by atoms with Crippen molar-refractivity contribution in [2.24, 2.45) is 0 Å². The summed E-state index contributed by atoms with van der Waals surface area (Å²) in [4.78, 5) is 27.8. The molecular formula is C26H22ClF3N2O4. The fourth-order valence-corrected chi connectivity index (χ4v) is 4.08. The Balaban J connectivity index is 1.62. The predicted octanol–water partition coefficient (Wildman–Crippen LogP) is 6.70. The minimum Gasteiger partial charge on any atom is -0.469 e. The van der Waals surface area contributed by atoms with Crippen LogP contribution in [0.4, 0.5) is 23.7 Å². The zero-order valence-electron chi connectivity index (χ0n) is 19.2. The van der Waals surface area contributed by atoms with Gasteiger partial charge >= 0.3 is 18.2 Å². The van der Waals surface area contributed by atoms with Gasteiger partial charge in [-0.25, -0.2) is 4.79 Å². The van der Waals surface area contributed by atoms with Gasteiger partial charge < -0.3 is 14.4 Å². The number of esters is 1. The molecule has 36 heavy (non-hydrogen) atoms. The van der Waals surface area contributed by atoms with Crippen molar-refractivity contribution in [1.29, 1.82) is 0 Å². The lowest BCUT2D eigenvalue weighted by atomic mass is 10.0. The Morgan fingerprint density at radius 3 is 2.28 bits per heavy atom. The molecule has 1 atom stereocenters. The van der Waals surface area contributed by atoms with Gasteiger partial charge in [-0.2, -0.15) is 13.2 Å². The molecule has 1 aliphatic rings. The predicted molar refractivity (Wildman–Crippen MR) is 128 cm³/mol. The number of benzene rings is 3. The number of alkyl halides is 3. The first kappa shape index (κ1) is 25.4. The lowest BCUT2D eigenvalue weighted by Crippen LogP contribution is -2.33. The molecule has 1 aliphatic heterocycles. The molecule has 0 radical (unpaired) electrons. The van der Waals surface area contributed by atoms with E-state index in [1.165, 1.54) is 23.0 Å². The number of carbonyl (C=O) groups is 2. The molecular weight excluding hydrogens is 497 g/mol. The van der Waals surface area contributed by atoms with Gasteiger partial charge in [-0.05, 0) is 66.2 Å². The third kappa shape index (κ3) is 5.73. The van der Waals surface area contributed by atoms with E-state index in [9.17, 15) is 22.8 Å². The molecule has 6 nitrogen and oxygen atoms in total. The molecule has 10 heteroatoms. The zero-order chi connectivity index (χ0) is 25.9. The number of rotatable bonds is 7. The van der Waals surface area contributed by atoms with Crippen LogP contribution in [0, 0.1) is 0 Å². The van der Waals surface area contributed by atoms with E-state index in [1.54, 1.807) is 54.6 Å². The summed E-state index contributed by atoms with van der Waals surface area (Å²) in [6.45, 7) is 0.190. The molecule has 0 spiro atoms. The van der Waals surface area contributed by atoms with Crippen molar-refractivity contribution in [1.82, 2.24) is 4.90 Å². The third-order valence-electron chi connectivity index (χ3n) is 5.76. The van der Waals surface area contributed by atoms with E-state index in [4.69, 9.17) is 16.3 Å². The second-order valence-electron chi connectivity index (χ2n) is 8.11. The number of methoxy groups -OCH3 is 1. The summed E-state index contributed by atoms with van der Waals surface area (Å²) in [5.41, 5.74) is 0.0128. The number of urea groups is 1. The molecule has 1 heterocycles. The van der Waals surface area contributed by atoms with Gasteiger partial charge in [0.05, 0.1) is 25.1 Å². The van der Waals surface area contributed by atoms with Crippen molar-refractivity contribution in [3.8, 4) is 11.5 Å². The average Bonchev–Trinajstić information content (AvgIpc) is 3.20. The molecule has 3 aromatic rings. The minimum absolute atomic E-state index is 0.0285. The van der Waals surface area contributed by atoms with E-state index < -0.39 is 29.8 Å². The maximum atomic E-state index is 13.4. The van der Waals surface area contributed by atoms with Crippen molar-refractivity contribution in [2.45, 2.75) is 18.6 Å². The average molecular weight is 519 g/mol. The molecule has 0 aromatic heterocycles. The summed E-state index contributed by atoms with van der Waals surface area (Å²) < 4.78 is 50.5. The Hall–Kier alpha value is -3.72. The van der Waals surface area contributed by atoms with Gasteiger partial charge in [0.25, 0.3) is 0 Å². The van der Waals surface area contributed by atoms with Crippen molar-refractivity contribution < 1.29 is 32.2 Å². The first-order valence-corrected chi connectivity index (χ1v) is 11.4. The molecule has 4 rings (SSSR count). The maximum absolute atomic E-state index is 13.4. The van der Waals surface area contributed by atoms with Gasteiger partial charge in [-0.15, -0.1) is 0 Å². The van der Waals surface area contributed by atoms with E-state index in [0.29, 0.717) is 27.8 Å². The van der Waals surface area contributed by atoms with Gasteiger partial charge in [0, 0.05) is 23.8 Å². The quantitative estimate of drug-likeness (QED) is 0.327. The Morgan fingerprint density at radius 1 is 1.03 bits per heavy atom. The number of hydrogen-bond donors (Lipinski definition) is 0. The number of anilines is 1. The van der Waals surface area contributed by atoms with Crippen molar-refractivity contribution in [2.75, 3.05) is 25.1 Å². The molecule has 0 bridgehead atoms. The summed E-state index contributed by atoms with van der Waals surface area (Å²) in [5, 5.41) is 0.572. The molecule has 0 unspecified atom stereocenters. The summed E-state index contributed by atoms with van der Waals surface area (Å²) in [5.74, 6) is 0.590. The highest BCUT2D eigenvalue weighted by Crippen LogP contribution is 2.38. The first-order chi connectivity index (χ1) is 17.2. The van der Waals surface area contributed by atoms with Gasteiger partial charge in [-0.1, -0.05) is 23.7 Å². The van der Waals surface area contributed by atoms with Crippen molar-refractivity contribution in [3.63, 3.8) is 0 Å². The normalized spacial score (nSPS) is 15.8. The smallest absolute Gasteiger partial charge is 0.416 e. The van der Waals surface area contributed by atoms with Crippen LogP contribution >= 0.6 is 11.6 Å². The van der Waals surface area contributed by atoms with E-state index in [0.717, 1.165) is 12.1 Å². The number of carbonyl (C=O) groups excluding carboxylic acids is 2. The monoisotopic (exact) mass is 518 g/mol. The summed E-state index contributed by atoms with van der Waals surface area (Å²) in [7, 11) is 1.25. The first-order valence-electron chi connectivity index (χ1n) is 11.0. The second kappa shape index (κ2) is 10.5. The highest BCUT2D eigenvalue weighted by atomic mass is 35.5. The van der Waals surface area contributed by atoms with Crippen LogP contribution < -0.4 is 9.64 Å². The number of ether oxygens (including phenoxy) is 2. The Kier molecular flexibility index (Phi) is 7.40. The fraction of sp³-hybridized carbons (Fsp3) is 0.231. The Bertz CT molecular complexity index is 1230. The van der Waals surface area contributed by atoms with Crippen LogP contribution in [-0.4, -0.2) is 37.1 Å². The number of nitrogens with zero attached hydrogens (tertiary/aromatic N) is 2. The highest BCUT2D eigenvalue weighted by molar-refractivity contribution is 6.30. The minimum atomic E-state index is -4.52. The molecule has 0 aliphatic carbocycles. The van der Waals surface area contributed by atoms with Crippen LogP contribution in [0.5, 0.6) is 11.5 Å². The number of halogens is 4. The van der Waals surface area contributed by atoms with Gasteiger partial charge in [0.15, 0.2) is 0 Å². The van der Waals surface area contributed by atoms with E-state index >= 15 is 0 Å². The van der Waals surface area contributed by atoms with E-state index in [-0.39, 0.29) is 19.5 Å². The van der Waals surface area contributed by atoms with E-state index in [1.807, 2.05) is 0 Å². The van der Waals surface area contributed by atoms with Crippen LogP contribution in [0.25, 0.3) is 0 Å². The van der Waals surface area contributed by atoms with Crippen LogP contribution in [0.3, 0.4) is 0 Å². The summed E-state index contributed by atoms with van der Waals surface area (Å²) in [6.07, 6.45) is -4.55. The van der Waals surface area contributed by atoms with Gasteiger partial charge in [0.1, 0.15) is 11.5 Å². The van der Waals surface area contributed by atoms with Crippen LogP contribution in [-0.2, 0) is 15.7 Å². The molecule has 1 saturated heterocycles. The molecule has 188 valence electrons. The molecule has 0 saturated carbocycles. The Labute approximate surface area is 210 Å². The summed E-state index contributed by atoms with van der Waals surface area (Å²) in [6, 6.07) is 17.3. The SMILES string of the molecule is COC(=O)CCN1C[C@H](c2cccc(C(F)(F)F)c2)N(c2ccc(Oc3ccc(Cl)cc3)cc2)C1=O. The largest absolute Gasteiger partial charge is 0.469 e. The lowest BCUT2D eigenvalue weighted by molar-refractivity contribution is -0.141. The second-order valence-corrected chi connectivity index (χ2v) is 8.55. The molecule has 3 aromatic carbocycles. The van der Waals surface area contributed by atoms with Crippen LogP contribution in [0.1, 0.15) is 23.6 Å². The number of amides is 2. The van der Waals surface area contributed by atoms with Crippen LogP contribution in [0.15, 0.2) is 72.8 Å². The van der Waals surface area contributed by atoms with Gasteiger partial charge in [0.2, 0.25) is 0 Å². The topological polar surface area (TPSA) is 59.1 Å².